The summed E-state index contributed by atoms with van der Waals surface area (Å²) in [5, 5.41) is 3.69. The van der Waals surface area contributed by atoms with Crippen molar-refractivity contribution in [2.24, 2.45) is 5.92 Å². The summed E-state index contributed by atoms with van der Waals surface area (Å²) in [5.74, 6) is 0.650. The molecule has 0 aromatic rings. The van der Waals surface area contributed by atoms with Crippen LogP contribution in [-0.2, 0) is 9.47 Å². The zero-order valence-corrected chi connectivity index (χ0v) is 14.2. The maximum absolute atomic E-state index is 5.80. The lowest BCUT2D eigenvalue weighted by atomic mass is 9.83. The van der Waals surface area contributed by atoms with Gasteiger partial charge in [-0.25, -0.2) is 0 Å². The molecule has 4 nitrogen and oxygen atoms in total. The first kappa shape index (κ1) is 17.2. The van der Waals surface area contributed by atoms with Crippen molar-refractivity contribution in [2.75, 3.05) is 39.4 Å². The second-order valence-corrected chi connectivity index (χ2v) is 6.68. The predicted molar refractivity (Wildman–Crippen MR) is 86.5 cm³/mol. The Morgan fingerprint density at radius 2 is 1.76 bits per heavy atom. The van der Waals surface area contributed by atoms with Crippen LogP contribution in [0.25, 0.3) is 0 Å². The van der Waals surface area contributed by atoms with Gasteiger partial charge in [-0.3, -0.25) is 0 Å². The van der Waals surface area contributed by atoms with Crippen molar-refractivity contribution in [3.63, 3.8) is 0 Å². The zero-order valence-electron chi connectivity index (χ0n) is 14.2. The van der Waals surface area contributed by atoms with Crippen molar-refractivity contribution in [1.82, 2.24) is 10.2 Å². The molecule has 2 aliphatic rings. The molecular formula is C17H34N2O2. The molecule has 1 N–H and O–H groups in total. The first-order chi connectivity index (χ1) is 10.2. The van der Waals surface area contributed by atoms with Gasteiger partial charge in [0.05, 0.1) is 13.2 Å². The maximum atomic E-state index is 5.80. The molecule has 1 aliphatic heterocycles. The third-order valence-corrected chi connectivity index (χ3v) is 5.15. The van der Waals surface area contributed by atoms with Crippen molar-refractivity contribution in [3.8, 4) is 0 Å². The molecule has 0 aromatic heterocycles. The lowest BCUT2D eigenvalue weighted by Gasteiger charge is -2.35. The maximum Gasteiger partial charge on any atom is 0.168 e. The minimum Gasteiger partial charge on any atom is -0.348 e. The Kier molecular flexibility index (Phi) is 6.93. The monoisotopic (exact) mass is 298 g/mol. The molecule has 1 saturated carbocycles. The summed E-state index contributed by atoms with van der Waals surface area (Å²) >= 11 is 0. The van der Waals surface area contributed by atoms with Crippen molar-refractivity contribution >= 4 is 0 Å². The molecule has 2 rings (SSSR count). The van der Waals surface area contributed by atoms with Crippen molar-refractivity contribution in [3.05, 3.63) is 0 Å². The summed E-state index contributed by atoms with van der Waals surface area (Å²) in [6.45, 7) is 12.9. The molecule has 1 heterocycles. The Labute approximate surface area is 130 Å². The Bertz CT molecular complexity index is 279. The van der Waals surface area contributed by atoms with E-state index in [1.807, 2.05) is 0 Å². The van der Waals surface area contributed by atoms with E-state index in [1.165, 1.54) is 19.3 Å². The zero-order chi connectivity index (χ0) is 15.1. The summed E-state index contributed by atoms with van der Waals surface area (Å²) in [4.78, 5) is 2.48. The van der Waals surface area contributed by atoms with E-state index in [2.05, 4.69) is 31.0 Å². The van der Waals surface area contributed by atoms with E-state index in [1.54, 1.807) is 0 Å². The fourth-order valence-electron chi connectivity index (χ4n) is 3.66. The molecule has 2 fully saturated rings. The average molecular weight is 298 g/mol. The number of nitrogens with zero attached hydrogens (tertiary/aromatic N) is 1. The van der Waals surface area contributed by atoms with Crippen molar-refractivity contribution in [1.29, 1.82) is 0 Å². The quantitative estimate of drug-likeness (QED) is 0.747. The van der Waals surface area contributed by atoms with Gasteiger partial charge in [0.1, 0.15) is 0 Å². The molecule has 0 aromatic carbocycles. The lowest BCUT2D eigenvalue weighted by molar-refractivity contribution is -0.182. The predicted octanol–water partition coefficient (Wildman–Crippen LogP) is 2.63. The number of hydrogen-bond donors (Lipinski definition) is 1. The number of rotatable bonds is 8. The van der Waals surface area contributed by atoms with Gasteiger partial charge in [-0.15, -0.1) is 0 Å². The van der Waals surface area contributed by atoms with Gasteiger partial charge in [-0.2, -0.15) is 0 Å². The second-order valence-electron chi connectivity index (χ2n) is 6.68. The number of hydrogen-bond acceptors (Lipinski definition) is 4. The van der Waals surface area contributed by atoms with E-state index >= 15 is 0 Å². The molecule has 1 spiro atoms. The summed E-state index contributed by atoms with van der Waals surface area (Å²) in [6, 6.07) is 0.585. The van der Waals surface area contributed by atoms with Gasteiger partial charge in [-0.05, 0) is 51.7 Å². The molecule has 1 atom stereocenters. The molecule has 1 saturated heterocycles. The molecule has 0 bridgehead atoms. The summed E-state index contributed by atoms with van der Waals surface area (Å²) in [5.41, 5.74) is 0. The van der Waals surface area contributed by atoms with E-state index < -0.39 is 0 Å². The van der Waals surface area contributed by atoms with Crippen LogP contribution in [0.15, 0.2) is 0 Å². The SMILES string of the molecule is CCN(CC)CC(C)NCCC1CCC2(CC1)OCCO2. The average Bonchev–Trinajstić information content (AvgIpc) is 2.95. The van der Waals surface area contributed by atoms with Crippen LogP contribution in [0.1, 0.15) is 52.9 Å². The molecule has 0 amide bonds. The molecule has 124 valence electrons. The largest absolute Gasteiger partial charge is 0.348 e. The minimum atomic E-state index is -0.194. The first-order valence-corrected chi connectivity index (χ1v) is 8.91. The van der Waals surface area contributed by atoms with Gasteiger partial charge >= 0.3 is 0 Å². The van der Waals surface area contributed by atoms with Gasteiger partial charge in [0, 0.05) is 25.4 Å². The fourth-order valence-corrected chi connectivity index (χ4v) is 3.66. The summed E-state index contributed by atoms with van der Waals surface area (Å²) in [6.07, 6.45) is 5.98. The first-order valence-electron chi connectivity index (χ1n) is 8.91. The highest BCUT2D eigenvalue weighted by Gasteiger charge is 2.39. The second kappa shape index (κ2) is 8.47. The van der Waals surface area contributed by atoms with Crippen LogP contribution in [0.5, 0.6) is 0 Å². The normalized spacial score (nSPS) is 24.0. The smallest absolute Gasteiger partial charge is 0.168 e. The number of likely N-dealkylation sites (N-methyl/N-ethyl adjacent to an activating group) is 1. The van der Waals surface area contributed by atoms with Crippen LogP contribution in [-0.4, -0.2) is 56.1 Å². The Balaban J connectivity index is 1.57. The van der Waals surface area contributed by atoms with E-state index in [9.17, 15) is 0 Å². The highest BCUT2D eigenvalue weighted by Crippen LogP contribution is 2.39. The Morgan fingerprint density at radius 1 is 1.14 bits per heavy atom. The van der Waals surface area contributed by atoms with E-state index in [-0.39, 0.29) is 5.79 Å². The number of ether oxygens (including phenoxy) is 2. The standard InChI is InChI=1S/C17H34N2O2/c1-4-19(5-2)14-15(3)18-11-8-16-6-9-17(10-7-16)20-12-13-21-17/h15-16,18H,4-14H2,1-3H3. The molecular weight excluding hydrogens is 264 g/mol. The number of nitrogens with one attached hydrogen (secondary N) is 1. The molecule has 0 radical (unpaired) electrons. The molecule has 21 heavy (non-hydrogen) atoms. The Hall–Kier alpha value is -0.160. The minimum absolute atomic E-state index is 0.194. The highest BCUT2D eigenvalue weighted by molar-refractivity contribution is 4.82. The van der Waals surface area contributed by atoms with E-state index in [0.29, 0.717) is 6.04 Å². The van der Waals surface area contributed by atoms with E-state index in [0.717, 1.165) is 58.2 Å². The van der Waals surface area contributed by atoms with Gasteiger partial charge in [0.25, 0.3) is 0 Å². The van der Waals surface area contributed by atoms with Crippen molar-refractivity contribution < 1.29 is 9.47 Å². The van der Waals surface area contributed by atoms with Crippen LogP contribution in [0.4, 0.5) is 0 Å². The van der Waals surface area contributed by atoms with E-state index in [4.69, 9.17) is 9.47 Å². The lowest BCUT2D eigenvalue weighted by Crippen LogP contribution is -2.40. The summed E-state index contributed by atoms with van der Waals surface area (Å²) in [7, 11) is 0. The van der Waals surface area contributed by atoms with Crippen LogP contribution in [0.2, 0.25) is 0 Å². The van der Waals surface area contributed by atoms with Crippen LogP contribution in [0.3, 0.4) is 0 Å². The van der Waals surface area contributed by atoms with Crippen molar-refractivity contribution in [2.45, 2.75) is 64.7 Å². The third kappa shape index (κ3) is 5.20. The van der Waals surface area contributed by atoms with Gasteiger partial charge in [0.15, 0.2) is 5.79 Å². The van der Waals surface area contributed by atoms with Crippen LogP contribution >= 0.6 is 0 Å². The molecule has 1 aliphatic carbocycles. The molecule has 1 unspecified atom stereocenters. The topological polar surface area (TPSA) is 33.7 Å². The molecule has 4 heteroatoms. The van der Waals surface area contributed by atoms with Crippen LogP contribution in [0, 0.1) is 5.92 Å². The summed E-state index contributed by atoms with van der Waals surface area (Å²) < 4.78 is 11.6. The Morgan fingerprint density at radius 3 is 2.33 bits per heavy atom. The van der Waals surface area contributed by atoms with Gasteiger partial charge < -0.3 is 19.7 Å². The third-order valence-electron chi connectivity index (χ3n) is 5.15. The van der Waals surface area contributed by atoms with Gasteiger partial charge in [-0.1, -0.05) is 13.8 Å². The highest BCUT2D eigenvalue weighted by atomic mass is 16.7. The fraction of sp³-hybridized carbons (Fsp3) is 1.00. The van der Waals surface area contributed by atoms with Gasteiger partial charge in [0.2, 0.25) is 0 Å². The van der Waals surface area contributed by atoms with Crippen LogP contribution < -0.4 is 5.32 Å².